The lowest BCUT2D eigenvalue weighted by molar-refractivity contribution is -0.141. The van der Waals surface area contributed by atoms with Gasteiger partial charge in [0.25, 0.3) is 5.91 Å². The van der Waals surface area contributed by atoms with Gasteiger partial charge in [0.15, 0.2) is 0 Å². The molecule has 3 amide bonds. The summed E-state index contributed by atoms with van der Waals surface area (Å²) in [5.74, 6) is -0.847. The second kappa shape index (κ2) is 11.1. The number of halogens is 1. The number of nitrogens with zero attached hydrogens (tertiary/aromatic N) is 2. The Morgan fingerprint density at radius 3 is 2.35 bits per heavy atom. The van der Waals surface area contributed by atoms with Gasteiger partial charge in [-0.15, -0.1) is 11.8 Å². The highest BCUT2D eigenvalue weighted by Crippen LogP contribution is 2.45. The molecule has 3 fully saturated rings. The minimum Gasteiger partial charge on any atom is -0.369 e. The third kappa shape index (κ3) is 5.74. The SMILES string of the molecule is NC(=O)C1CCN(C(=O)C2CCC3S/C(=C\c4ccccc4)C(=O)N(Cc4ccc(F)cc4)C3C2)CC1. The number of thioether (sulfide) groups is 1. The van der Waals surface area contributed by atoms with Crippen LogP contribution in [0.3, 0.4) is 0 Å². The zero-order valence-electron chi connectivity index (χ0n) is 20.7. The van der Waals surface area contributed by atoms with Crippen molar-refractivity contribution in [3.05, 3.63) is 76.4 Å². The first-order valence-corrected chi connectivity index (χ1v) is 13.8. The first kappa shape index (κ1) is 25.5. The van der Waals surface area contributed by atoms with Gasteiger partial charge in [0.1, 0.15) is 5.82 Å². The van der Waals surface area contributed by atoms with Crippen LogP contribution in [-0.4, -0.2) is 51.9 Å². The van der Waals surface area contributed by atoms with Gasteiger partial charge < -0.3 is 15.5 Å². The lowest BCUT2D eigenvalue weighted by atomic mass is 9.82. The summed E-state index contributed by atoms with van der Waals surface area (Å²) >= 11 is 1.62. The second-order valence-electron chi connectivity index (χ2n) is 10.2. The molecular weight excluding hydrogens is 489 g/mol. The molecule has 1 saturated carbocycles. The van der Waals surface area contributed by atoms with Crippen molar-refractivity contribution in [2.45, 2.75) is 49.9 Å². The molecule has 2 aromatic carbocycles. The van der Waals surface area contributed by atoms with Crippen molar-refractivity contribution in [1.29, 1.82) is 0 Å². The first-order valence-electron chi connectivity index (χ1n) is 13.0. The van der Waals surface area contributed by atoms with E-state index < -0.39 is 0 Å². The monoisotopic (exact) mass is 521 g/mol. The predicted octanol–water partition coefficient (Wildman–Crippen LogP) is 4.20. The summed E-state index contributed by atoms with van der Waals surface area (Å²) in [5, 5.41) is 0.192. The third-order valence-corrected chi connectivity index (χ3v) is 9.23. The molecule has 2 N–H and O–H groups in total. The molecule has 2 aromatic rings. The summed E-state index contributed by atoms with van der Waals surface area (Å²) in [6.07, 6.45) is 5.39. The molecule has 5 rings (SSSR count). The van der Waals surface area contributed by atoms with E-state index in [0.717, 1.165) is 24.0 Å². The van der Waals surface area contributed by atoms with Crippen LogP contribution in [-0.2, 0) is 20.9 Å². The number of primary amides is 1. The van der Waals surface area contributed by atoms with Crippen molar-refractivity contribution in [3.8, 4) is 0 Å². The molecule has 0 aromatic heterocycles. The Morgan fingerprint density at radius 1 is 0.973 bits per heavy atom. The van der Waals surface area contributed by atoms with Crippen molar-refractivity contribution >= 4 is 35.6 Å². The van der Waals surface area contributed by atoms with E-state index in [1.54, 1.807) is 23.9 Å². The maximum absolute atomic E-state index is 13.8. The van der Waals surface area contributed by atoms with E-state index in [1.165, 1.54) is 12.1 Å². The van der Waals surface area contributed by atoms with Crippen LogP contribution in [0.4, 0.5) is 4.39 Å². The zero-order valence-corrected chi connectivity index (χ0v) is 21.5. The Labute approximate surface area is 221 Å². The number of carbonyl (C=O) groups excluding carboxylic acids is 3. The Bertz CT molecular complexity index is 1180. The Kier molecular flexibility index (Phi) is 7.65. The number of hydrogen-bond donors (Lipinski definition) is 1. The van der Waals surface area contributed by atoms with Gasteiger partial charge in [0.2, 0.25) is 11.8 Å². The summed E-state index contributed by atoms with van der Waals surface area (Å²) in [6.45, 7) is 1.47. The fourth-order valence-corrected chi connectivity index (χ4v) is 7.15. The van der Waals surface area contributed by atoms with Gasteiger partial charge in [-0.25, -0.2) is 4.39 Å². The zero-order chi connectivity index (χ0) is 25.9. The molecular formula is C29H32FN3O3S. The van der Waals surface area contributed by atoms with Crippen LogP contribution in [0.25, 0.3) is 6.08 Å². The average molecular weight is 522 g/mol. The molecule has 0 bridgehead atoms. The van der Waals surface area contributed by atoms with Crippen LogP contribution in [0, 0.1) is 17.7 Å². The molecule has 1 aliphatic carbocycles. The second-order valence-corrected chi connectivity index (χ2v) is 11.5. The largest absolute Gasteiger partial charge is 0.369 e. The number of benzene rings is 2. The highest BCUT2D eigenvalue weighted by molar-refractivity contribution is 8.04. The van der Waals surface area contributed by atoms with E-state index >= 15 is 0 Å². The van der Waals surface area contributed by atoms with Gasteiger partial charge in [0, 0.05) is 42.8 Å². The molecule has 3 aliphatic rings. The highest BCUT2D eigenvalue weighted by Gasteiger charge is 2.45. The van der Waals surface area contributed by atoms with Crippen molar-refractivity contribution in [1.82, 2.24) is 9.80 Å². The smallest absolute Gasteiger partial charge is 0.260 e. The molecule has 3 atom stereocenters. The van der Waals surface area contributed by atoms with Gasteiger partial charge in [-0.1, -0.05) is 42.5 Å². The van der Waals surface area contributed by atoms with Crippen molar-refractivity contribution in [2.24, 2.45) is 17.6 Å². The fraction of sp³-hybridized carbons (Fsp3) is 0.414. The standard InChI is InChI=1S/C29H32FN3O3S/c30-23-9-6-20(7-10-23)18-33-24-17-22(28(35)32-14-12-21(13-15-32)27(31)34)8-11-25(24)37-26(29(33)36)16-19-4-2-1-3-5-19/h1-7,9-10,16,21-22,24-25H,8,11-15,17-18H2,(H2,31,34)/b26-16-. The van der Waals surface area contributed by atoms with Gasteiger partial charge in [0.05, 0.1) is 4.91 Å². The van der Waals surface area contributed by atoms with Crippen LogP contribution in [0.5, 0.6) is 0 Å². The molecule has 37 heavy (non-hydrogen) atoms. The Balaban J connectivity index is 1.36. The number of rotatable bonds is 5. The maximum atomic E-state index is 13.8. The van der Waals surface area contributed by atoms with Crippen LogP contribution in [0.2, 0.25) is 0 Å². The van der Waals surface area contributed by atoms with E-state index in [2.05, 4.69) is 0 Å². The predicted molar refractivity (Wildman–Crippen MR) is 142 cm³/mol. The summed E-state index contributed by atoms with van der Waals surface area (Å²) in [7, 11) is 0. The highest BCUT2D eigenvalue weighted by atomic mass is 32.2. The third-order valence-electron chi connectivity index (χ3n) is 7.83. The van der Waals surface area contributed by atoms with E-state index in [0.29, 0.717) is 43.8 Å². The van der Waals surface area contributed by atoms with Crippen LogP contribution in [0.1, 0.15) is 43.2 Å². The molecule has 2 aliphatic heterocycles. The van der Waals surface area contributed by atoms with Crippen molar-refractivity contribution in [3.63, 3.8) is 0 Å². The number of fused-ring (bicyclic) bond motifs is 1. The fourth-order valence-electron chi connectivity index (χ4n) is 5.73. The Morgan fingerprint density at radius 2 is 1.68 bits per heavy atom. The van der Waals surface area contributed by atoms with Crippen LogP contribution >= 0.6 is 11.8 Å². The lowest BCUT2D eigenvalue weighted by Gasteiger charge is -2.47. The van der Waals surface area contributed by atoms with Crippen molar-refractivity contribution < 1.29 is 18.8 Å². The van der Waals surface area contributed by atoms with E-state index in [9.17, 15) is 18.8 Å². The number of piperidine rings is 1. The molecule has 8 heteroatoms. The number of likely N-dealkylation sites (tertiary alicyclic amines) is 1. The van der Waals surface area contributed by atoms with Gasteiger partial charge in [-0.2, -0.15) is 0 Å². The number of hydrogen-bond acceptors (Lipinski definition) is 4. The summed E-state index contributed by atoms with van der Waals surface area (Å²) in [4.78, 5) is 43.2. The van der Waals surface area contributed by atoms with Gasteiger partial charge in [-0.3, -0.25) is 14.4 Å². The van der Waals surface area contributed by atoms with Gasteiger partial charge >= 0.3 is 0 Å². The van der Waals surface area contributed by atoms with E-state index in [-0.39, 0.29) is 46.7 Å². The van der Waals surface area contributed by atoms with Crippen molar-refractivity contribution in [2.75, 3.05) is 13.1 Å². The average Bonchev–Trinajstić information content (AvgIpc) is 2.92. The normalized spacial score (nSPS) is 25.7. The van der Waals surface area contributed by atoms with E-state index in [4.69, 9.17) is 5.73 Å². The minimum absolute atomic E-state index is 0.0465. The summed E-state index contributed by atoms with van der Waals surface area (Å²) in [6, 6.07) is 16.0. The molecule has 2 saturated heterocycles. The molecule has 2 heterocycles. The Hall–Kier alpha value is -3.13. The number of amides is 3. The van der Waals surface area contributed by atoms with Gasteiger partial charge in [-0.05, 0) is 61.4 Å². The van der Waals surface area contributed by atoms with Crippen LogP contribution in [0.15, 0.2) is 59.5 Å². The lowest BCUT2D eigenvalue weighted by Crippen LogP contribution is -2.54. The number of nitrogens with two attached hydrogens (primary N) is 1. The summed E-state index contributed by atoms with van der Waals surface area (Å²) in [5.41, 5.74) is 7.29. The topological polar surface area (TPSA) is 83.7 Å². The summed E-state index contributed by atoms with van der Waals surface area (Å²) < 4.78 is 13.5. The molecule has 0 radical (unpaired) electrons. The quantitative estimate of drug-likeness (QED) is 0.598. The van der Waals surface area contributed by atoms with E-state index in [1.807, 2.05) is 46.2 Å². The molecule has 194 valence electrons. The first-order chi connectivity index (χ1) is 17.9. The molecule has 6 nitrogen and oxygen atoms in total. The van der Waals surface area contributed by atoms with Crippen LogP contribution < -0.4 is 5.73 Å². The maximum Gasteiger partial charge on any atom is 0.260 e. The number of carbonyl (C=O) groups is 3. The minimum atomic E-state index is -0.310. The molecule has 3 unspecified atom stereocenters. The molecule has 0 spiro atoms.